The van der Waals surface area contributed by atoms with Gasteiger partial charge in [0.1, 0.15) is 5.75 Å². The van der Waals surface area contributed by atoms with Crippen LogP contribution in [0.15, 0.2) is 77.7 Å². The quantitative estimate of drug-likeness (QED) is 0.234. The monoisotopic (exact) mass is 694 g/mol. The van der Waals surface area contributed by atoms with Crippen LogP contribution in [-0.2, 0) is 30.8 Å². The van der Waals surface area contributed by atoms with Gasteiger partial charge in [0.2, 0.25) is 21.8 Å². The molecule has 0 aliphatic carbocycles. The highest BCUT2D eigenvalue weighted by Gasteiger charge is 2.32. The average Bonchev–Trinajstić information content (AvgIpc) is 3.08. The van der Waals surface area contributed by atoms with E-state index in [1.807, 2.05) is 76.2 Å². The van der Waals surface area contributed by atoms with Gasteiger partial charge in [-0.25, -0.2) is 8.42 Å². The van der Waals surface area contributed by atoms with E-state index in [1.165, 1.54) is 23.5 Å². The van der Waals surface area contributed by atoms with Crippen molar-refractivity contribution in [2.75, 3.05) is 64.5 Å². The maximum absolute atomic E-state index is 13.9. The maximum Gasteiger partial charge on any atom is 0.243 e. The van der Waals surface area contributed by atoms with E-state index in [9.17, 15) is 23.1 Å². The lowest BCUT2D eigenvalue weighted by molar-refractivity contribution is -0.133. The number of carbonyl (C=O) groups excluding carboxylic acids is 2. The van der Waals surface area contributed by atoms with Gasteiger partial charge in [-0.3, -0.25) is 9.59 Å². The first-order valence-corrected chi connectivity index (χ1v) is 18.1. The van der Waals surface area contributed by atoms with Gasteiger partial charge in [0.15, 0.2) is 0 Å². The van der Waals surface area contributed by atoms with E-state index in [2.05, 4.69) is 5.32 Å². The molecule has 49 heavy (non-hydrogen) atoms. The molecule has 0 bridgehead atoms. The van der Waals surface area contributed by atoms with Crippen molar-refractivity contribution in [2.45, 2.75) is 51.2 Å². The minimum absolute atomic E-state index is 0.00666. The molecule has 0 aromatic heterocycles. The number of benzene rings is 3. The van der Waals surface area contributed by atoms with Crippen LogP contribution in [0.25, 0.3) is 0 Å². The summed E-state index contributed by atoms with van der Waals surface area (Å²) in [5, 5.41) is 14.7. The fourth-order valence-corrected chi connectivity index (χ4v) is 7.70. The van der Waals surface area contributed by atoms with E-state index >= 15 is 0 Å². The maximum atomic E-state index is 13.9. The number of hydrogen-bond acceptors (Lipinski definition) is 8. The first-order chi connectivity index (χ1) is 23.4. The van der Waals surface area contributed by atoms with Crippen LogP contribution in [0.4, 0.5) is 5.69 Å². The minimum atomic E-state index is -3.99. The number of carbonyl (C=O) groups is 2. The van der Waals surface area contributed by atoms with Crippen LogP contribution >= 0.6 is 0 Å². The summed E-state index contributed by atoms with van der Waals surface area (Å²) in [7, 11) is -2.48. The molecule has 4 rings (SSSR count). The lowest BCUT2D eigenvalue weighted by Crippen LogP contribution is -2.53. The standard InChI is InChI=1S/C37H50N4O7S/c1-27(2)23-41(49(45,46)32-16-14-31(47-5)15-17-32)24-34(42)33(22-30-12-7-6-8-13-30)38-35(43)25-40(37-28(3)10-9-11-29(37)4)26-36(44)39-18-20-48-21-19-39/h6-17,27,33-34,42H,18-26H2,1-5H3,(H,38,43)/t33-,34+/m0/s1. The van der Waals surface area contributed by atoms with Crippen LogP contribution in [0.5, 0.6) is 5.75 Å². The average molecular weight is 695 g/mol. The molecule has 0 radical (unpaired) electrons. The van der Waals surface area contributed by atoms with Gasteiger partial charge in [-0.05, 0) is 67.1 Å². The second-order valence-corrected chi connectivity index (χ2v) is 14.9. The zero-order valence-electron chi connectivity index (χ0n) is 29.2. The second kappa shape index (κ2) is 17.6. The predicted octanol–water partition coefficient (Wildman–Crippen LogP) is 3.41. The summed E-state index contributed by atoms with van der Waals surface area (Å²) in [5.41, 5.74) is 3.52. The zero-order chi connectivity index (χ0) is 35.6. The van der Waals surface area contributed by atoms with Gasteiger partial charge >= 0.3 is 0 Å². The molecule has 11 nitrogen and oxygen atoms in total. The molecule has 0 unspecified atom stereocenters. The fraction of sp³-hybridized carbons (Fsp3) is 0.459. The number of anilines is 1. The summed E-state index contributed by atoms with van der Waals surface area (Å²) < 4.78 is 39.6. The van der Waals surface area contributed by atoms with Gasteiger partial charge in [-0.15, -0.1) is 0 Å². The van der Waals surface area contributed by atoms with Gasteiger partial charge in [-0.2, -0.15) is 4.31 Å². The number of morpholine rings is 1. The molecule has 12 heteroatoms. The van der Waals surface area contributed by atoms with Crippen LogP contribution in [0, 0.1) is 19.8 Å². The zero-order valence-corrected chi connectivity index (χ0v) is 30.0. The Labute approximate surface area is 290 Å². The molecule has 2 N–H and O–H groups in total. The third kappa shape index (κ3) is 10.5. The Balaban J connectivity index is 1.59. The van der Waals surface area contributed by atoms with Crippen molar-refractivity contribution < 1.29 is 32.6 Å². The molecule has 2 atom stereocenters. The van der Waals surface area contributed by atoms with E-state index in [4.69, 9.17) is 9.47 Å². The number of aryl methyl sites for hydroxylation is 2. The molecule has 3 aromatic carbocycles. The molecule has 0 spiro atoms. The Morgan fingerprint density at radius 2 is 1.55 bits per heavy atom. The molecular weight excluding hydrogens is 644 g/mol. The van der Waals surface area contributed by atoms with E-state index in [0.29, 0.717) is 32.1 Å². The number of para-hydroxylation sites is 1. The molecule has 1 saturated heterocycles. The summed E-state index contributed by atoms with van der Waals surface area (Å²) in [4.78, 5) is 30.9. The molecule has 0 saturated carbocycles. The van der Waals surface area contributed by atoms with Gasteiger partial charge in [0, 0.05) is 31.9 Å². The lowest BCUT2D eigenvalue weighted by Gasteiger charge is -2.33. The number of amides is 2. The molecule has 1 heterocycles. The van der Waals surface area contributed by atoms with E-state index in [-0.39, 0.29) is 49.3 Å². The number of nitrogens with zero attached hydrogens (tertiary/aromatic N) is 3. The van der Waals surface area contributed by atoms with Crippen LogP contribution < -0.4 is 15.0 Å². The third-order valence-electron chi connectivity index (χ3n) is 8.55. The normalized spacial score (nSPS) is 14.8. The van der Waals surface area contributed by atoms with Gasteiger partial charge in [0.25, 0.3) is 0 Å². The van der Waals surface area contributed by atoms with Crippen molar-refractivity contribution in [3.63, 3.8) is 0 Å². The van der Waals surface area contributed by atoms with Crippen LogP contribution in [0.3, 0.4) is 0 Å². The van der Waals surface area contributed by atoms with E-state index in [0.717, 1.165) is 22.4 Å². The first-order valence-electron chi connectivity index (χ1n) is 16.7. The highest BCUT2D eigenvalue weighted by Crippen LogP contribution is 2.25. The van der Waals surface area contributed by atoms with Gasteiger partial charge < -0.3 is 29.7 Å². The lowest BCUT2D eigenvalue weighted by atomic mass is 10.0. The van der Waals surface area contributed by atoms with Crippen molar-refractivity contribution in [2.24, 2.45) is 5.92 Å². The Morgan fingerprint density at radius 3 is 2.14 bits per heavy atom. The Morgan fingerprint density at radius 1 is 0.918 bits per heavy atom. The molecule has 1 fully saturated rings. The molecule has 2 amide bonds. The summed E-state index contributed by atoms with van der Waals surface area (Å²) in [5.74, 6) is -0.00238. The predicted molar refractivity (Wildman–Crippen MR) is 190 cm³/mol. The summed E-state index contributed by atoms with van der Waals surface area (Å²) in [6.07, 6.45) is -0.985. The Hall–Kier alpha value is -3.97. The number of ether oxygens (including phenoxy) is 2. The number of aliphatic hydroxyl groups excluding tert-OH is 1. The largest absolute Gasteiger partial charge is 0.497 e. The fourth-order valence-electron chi connectivity index (χ4n) is 6.08. The summed E-state index contributed by atoms with van der Waals surface area (Å²) >= 11 is 0. The second-order valence-electron chi connectivity index (χ2n) is 12.9. The molecular formula is C37H50N4O7S. The summed E-state index contributed by atoms with van der Waals surface area (Å²) in [6.45, 7) is 9.41. The molecule has 266 valence electrons. The number of rotatable bonds is 16. The van der Waals surface area contributed by atoms with Crippen LogP contribution in [0.1, 0.15) is 30.5 Å². The van der Waals surface area contributed by atoms with Crippen molar-refractivity contribution in [3.8, 4) is 5.75 Å². The van der Waals surface area contributed by atoms with Crippen molar-refractivity contribution in [3.05, 3.63) is 89.5 Å². The number of aliphatic hydroxyl groups is 1. The van der Waals surface area contributed by atoms with Crippen molar-refractivity contribution in [1.29, 1.82) is 0 Å². The number of nitrogens with one attached hydrogen (secondary N) is 1. The van der Waals surface area contributed by atoms with Crippen molar-refractivity contribution in [1.82, 2.24) is 14.5 Å². The number of methoxy groups -OCH3 is 1. The van der Waals surface area contributed by atoms with Crippen LogP contribution in [-0.4, -0.2) is 106 Å². The highest BCUT2D eigenvalue weighted by atomic mass is 32.2. The van der Waals surface area contributed by atoms with Crippen molar-refractivity contribution >= 4 is 27.5 Å². The van der Waals surface area contributed by atoms with Crippen LogP contribution in [0.2, 0.25) is 0 Å². The number of hydrogen-bond donors (Lipinski definition) is 2. The highest BCUT2D eigenvalue weighted by molar-refractivity contribution is 7.89. The van der Waals surface area contributed by atoms with Gasteiger partial charge in [0.05, 0.1) is 50.5 Å². The molecule has 1 aliphatic heterocycles. The minimum Gasteiger partial charge on any atom is -0.497 e. The smallest absolute Gasteiger partial charge is 0.243 e. The van der Waals surface area contributed by atoms with E-state index in [1.54, 1.807) is 21.9 Å². The number of sulfonamides is 1. The van der Waals surface area contributed by atoms with Gasteiger partial charge in [-0.1, -0.05) is 62.4 Å². The SMILES string of the molecule is COc1ccc(S(=O)(=O)N(CC(C)C)C[C@@H](O)[C@H](Cc2ccccc2)NC(=O)CN(CC(=O)N2CCOCC2)c2c(C)cccc2C)cc1. The Bertz CT molecular complexity index is 1610. The Kier molecular flexibility index (Phi) is 13.6. The first kappa shape index (κ1) is 37.8. The third-order valence-corrected chi connectivity index (χ3v) is 10.4. The van der Waals surface area contributed by atoms with E-state index < -0.39 is 28.1 Å². The summed E-state index contributed by atoms with van der Waals surface area (Å²) in [6, 6.07) is 20.6. The molecule has 3 aromatic rings. The topological polar surface area (TPSA) is 129 Å². The molecule has 1 aliphatic rings.